The quantitative estimate of drug-likeness (QED) is 0.633. The first-order chi connectivity index (χ1) is 13.1. The number of esters is 1. The fourth-order valence-corrected chi connectivity index (χ4v) is 2.94. The standard InChI is InChI=1S/C21H27FO6/c1-11-8-16(22)12(2)20(25)17(23)7-5-6-14-9-15(27-4)10-18(24)19(14)21(26)28-13(11)3/h5-6,8-13,17,20,23-25H,7H2,1-4H3/b6-5+,16-8+/t11-,12+,13+,17+,20-/m1/s1. The molecule has 1 aromatic carbocycles. The van der Waals surface area contributed by atoms with Crippen molar-refractivity contribution in [3.63, 3.8) is 0 Å². The van der Waals surface area contributed by atoms with Gasteiger partial charge < -0.3 is 24.8 Å². The zero-order valence-corrected chi connectivity index (χ0v) is 16.4. The number of carbonyl (C=O) groups is 1. The highest BCUT2D eigenvalue weighted by atomic mass is 19.1. The lowest BCUT2D eigenvalue weighted by molar-refractivity contribution is -0.00692. The minimum Gasteiger partial charge on any atom is -0.507 e. The van der Waals surface area contributed by atoms with Gasteiger partial charge in [-0.3, -0.25) is 0 Å². The number of phenolic OH excluding ortho intramolecular Hbond substituents is 1. The largest absolute Gasteiger partial charge is 0.507 e. The van der Waals surface area contributed by atoms with Crippen LogP contribution in [0.15, 0.2) is 30.1 Å². The van der Waals surface area contributed by atoms with E-state index in [1.165, 1.54) is 38.3 Å². The van der Waals surface area contributed by atoms with Crippen molar-refractivity contribution in [2.24, 2.45) is 11.8 Å². The summed E-state index contributed by atoms with van der Waals surface area (Å²) in [4.78, 5) is 12.7. The second-order valence-electron chi connectivity index (χ2n) is 7.12. The molecule has 0 unspecified atom stereocenters. The molecule has 2 rings (SSSR count). The van der Waals surface area contributed by atoms with E-state index < -0.39 is 41.9 Å². The van der Waals surface area contributed by atoms with Crippen LogP contribution in [0, 0.1) is 11.8 Å². The molecule has 0 aliphatic carbocycles. The monoisotopic (exact) mass is 394 g/mol. The number of hydrogen-bond donors (Lipinski definition) is 3. The van der Waals surface area contributed by atoms with Crippen molar-refractivity contribution >= 4 is 12.0 Å². The molecular weight excluding hydrogens is 367 g/mol. The fraction of sp³-hybridized carbons (Fsp3) is 0.476. The summed E-state index contributed by atoms with van der Waals surface area (Å²) in [6, 6.07) is 2.85. The summed E-state index contributed by atoms with van der Waals surface area (Å²) in [5, 5.41) is 30.7. The molecule has 1 aliphatic rings. The first kappa shape index (κ1) is 21.9. The smallest absolute Gasteiger partial charge is 0.342 e. The molecule has 0 spiro atoms. The van der Waals surface area contributed by atoms with E-state index in [4.69, 9.17) is 9.47 Å². The van der Waals surface area contributed by atoms with E-state index in [0.29, 0.717) is 11.3 Å². The number of hydrogen-bond acceptors (Lipinski definition) is 6. The minimum absolute atomic E-state index is 0.0250. The highest BCUT2D eigenvalue weighted by Crippen LogP contribution is 2.31. The molecule has 7 heteroatoms. The summed E-state index contributed by atoms with van der Waals surface area (Å²) < 4.78 is 25.0. The van der Waals surface area contributed by atoms with Gasteiger partial charge in [0.15, 0.2) is 0 Å². The molecule has 0 aromatic heterocycles. The maximum absolute atomic E-state index is 14.5. The Morgan fingerprint density at radius 1 is 1.21 bits per heavy atom. The van der Waals surface area contributed by atoms with Crippen molar-refractivity contribution in [1.82, 2.24) is 0 Å². The second-order valence-corrected chi connectivity index (χ2v) is 7.12. The van der Waals surface area contributed by atoms with Crippen molar-refractivity contribution in [1.29, 1.82) is 0 Å². The predicted molar refractivity (Wildman–Crippen MR) is 103 cm³/mol. The molecule has 0 saturated carbocycles. The van der Waals surface area contributed by atoms with Crippen LogP contribution in [-0.4, -0.2) is 46.7 Å². The van der Waals surface area contributed by atoms with Gasteiger partial charge in [0.2, 0.25) is 0 Å². The van der Waals surface area contributed by atoms with E-state index in [1.54, 1.807) is 19.9 Å². The molecule has 6 nitrogen and oxygen atoms in total. The van der Waals surface area contributed by atoms with Crippen LogP contribution in [0.4, 0.5) is 4.39 Å². The lowest BCUT2D eigenvalue weighted by Gasteiger charge is -2.24. The molecule has 0 bridgehead atoms. The minimum atomic E-state index is -1.30. The van der Waals surface area contributed by atoms with Gasteiger partial charge in [0.25, 0.3) is 0 Å². The van der Waals surface area contributed by atoms with Gasteiger partial charge >= 0.3 is 5.97 Å². The number of rotatable bonds is 1. The maximum Gasteiger partial charge on any atom is 0.342 e. The number of methoxy groups -OCH3 is 1. The number of aliphatic hydroxyl groups is 2. The third-order valence-corrected chi connectivity index (χ3v) is 5.03. The zero-order valence-electron chi connectivity index (χ0n) is 16.4. The molecule has 0 amide bonds. The molecule has 3 N–H and O–H groups in total. The summed E-state index contributed by atoms with van der Waals surface area (Å²) in [5.41, 5.74) is 0.288. The SMILES string of the molecule is COc1cc(O)c2c(c1)/C=C/C[C@H](O)[C@H](O)[C@@H](C)/C(F)=C\[C@@H](C)[C@H](C)OC2=O. The van der Waals surface area contributed by atoms with Gasteiger partial charge in [-0.2, -0.15) is 0 Å². The lowest BCUT2D eigenvalue weighted by Crippen LogP contribution is -2.32. The van der Waals surface area contributed by atoms with Crippen LogP contribution in [0.5, 0.6) is 11.5 Å². The van der Waals surface area contributed by atoms with E-state index >= 15 is 0 Å². The average Bonchev–Trinajstić information content (AvgIpc) is 2.65. The van der Waals surface area contributed by atoms with Crippen molar-refractivity contribution in [2.45, 2.75) is 45.5 Å². The molecule has 154 valence electrons. The Morgan fingerprint density at radius 3 is 2.54 bits per heavy atom. The number of halogens is 1. The third kappa shape index (κ3) is 4.91. The Labute approximate surface area is 163 Å². The number of cyclic esters (lactones) is 1. The molecule has 1 aromatic rings. The fourth-order valence-electron chi connectivity index (χ4n) is 2.94. The molecule has 5 atom stereocenters. The van der Waals surface area contributed by atoms with Gasteiger partial charge in [0.1, 0.15) is 29.0 Å². The molecular formula is C21H27FO6. The van der Waals surface area contributed by atoms with Crippen LogP contribution in [0.2, 0.25) is 0 Å². The molecule has 0 saturated heterocycles. The first-order valence-corrected chi connectivity index (χ1v) is 9.17. The van der Waals surface area contributed by atoms with Gasteiger partial charge in [-0.25, -0.2) is 9.18 Å². The second kappa shape index (κ2) is 9.21. The van der Waals surface area contributed by atoms with Gasteiger partial charge in [-0.15, -0.1) is 0 Å². The number of aromatic hydroxyl groups is 1. The summed E-state index contributed by atoms with van der Waals surface area (Å²) >= 11 is 0. The Balaban J connectivity index is 2.52. The van der Waals surface area contributed by atoms with Gasteiger partial charge in [-0.1, -0.05) is 26.0 Å². The highest BCUT2D eigenvalue weighted by molar-refractivity contribution is 5.97. The van der Waals surface area contributed by atoms with Crippen LogP contribution < -0.4 is 4.74 Å². The summed E-state index contributed by atoms with van der Waals surface area (Å²) in [7, 11) is 1.43. The number of phenols is 1. The van der Waals surface area contributed by atoms with Crippen molar-refractivity contribution in [2.75, 3.05) is 7.11 Å². The summed E-state index contributed by atoms with van der Waals surface area (Å²) in [5.74, 6) is -2.71. The lowest BCUT2D eigenvalue weighted by atomic mass is 9.93. The number of carbonyl (C=O) groups excluding carboxylic acids is 1. The number of benzene rings is 1. The van der Waals surface area contributed by atoms with E-state index in [1.807, 2.05) is 0 Å². The topological polar surface area (TPSA) is 96.2 Å². The molecule has 28 heavy (non-hydrogen) atoms. The van der Waals surface area contributed by atoms with Crippen LogP contribution in [-0.2, 0) is 4.74 Å². The van der Waals surface area contributed by atoms with E-state index in [9.17, 15) is 24.5 Å². The van der Waals surface area contributed by atoms with E-state index in [0.717, 1.165) is 0 Å². The number of fused-ring (bicyclic) bond motifs is 1. The summed E-state index contributed by atoms with van der Waals surface area (Å²) in [6.07, 6.45) is 1.17. The van der Waals surface area contributed by atoms with Crippen LogP contribution in [0.25, 0.3) is 6.08 Å². The Kier molecular flexibility index (Phi) is 7.21. The number of ether oxygens (including phenoxy) is 2. The zero-order chi connectivity index (χ0) is 21.0. The van der Waals surface area contributed by atoms with Gasteiger partial charge in [0, 0.05) is 17.9 Å². The molecule has 0 fully saturated rings. The van der Waals surface area contributed by atoms with Crippen molar-refractivity contribution in [3.05, 3.63) is 41.2 Å². The van der Waals surface area contributed by atoms with Gasteiger partial charge in [-0.05, 0) is 31.1 Å². The normalized spacial score (nSPS) is 32.3. The summed E-state index contributed by atoms with van der Waals surface area (Å²) in [6.45, 7) is 4.77. The Hall–Kier alpha value is -2.38. The molecule has 0 radical (unpaired) electrons. The van der Waals surface area contributed by atoms with Gasteiger partial charge in [0.05, 0.1) is 19.3 Å². The van der Waals surface area contributed by atoms with E-state index in [-0.39, 0.29) is 17.7 Å². The highest BCUT2D eigenvalue weighted by Gasteiger charge is 2.28. The van der Waals surface area contributed by atoms with Crippen LogP contribution >= 0.6 is 0 Å². The Morgan fingerprint density at radius 2 is 1.89 bits per heavy atom. The van der Waals surface area contributed by atoms with E-state index in [2.05, 4.69) is 0 Å². The third-order valence-electron chi connectivity index (χ3n) is 5.03. The predicted octanol–water partition coefficient (Wildman–Crippen LogP) is 3.21. The Bertz CT molecular complexity index is 772. The van der Waals surface area contributed by atoms with Crippen LogP contribution in [0.1, 0.15) is 43.1 Å². The van der Waals surface area contributed by atoms with Crippen molar-refractivity contribution in [3.8, 4) is 11.5 Å². The van der Waals surface area contributed by atoms with Crippen molar-refractivity contribution < 1.29 is 34.0 Å². The average molecular weight is 394 g/mol. The number of aliphatic hydroxyl groups excluding tert-OH is 2. The molecule has 1 heterocycles. The van der Waals surface area contributed by atoms with Crippen LogP contribution in [0.3, 0.4) is 0 Å². The molecule has 1 aliphatic heterocycles. The maximum atomic E-state index is 14.5. The first-order valence-electron chi connectivity index (χ1n) is 9.17.